The molecule has 1 aromatic rings. The Bertz CT molecular complexity index is 623. The molecule has 2 aliphatic heterocycles. The number of anilines is 1. The van der Waals surface area contributed by atoms with Crippen LogP contribution in [0.4, 0.5) is 5.82 Å². The lowest BCUT2D eigenvalue weighted by atomic mass is 10.2. The van der Waals surface area contributed by atoms with Gasteiger partial charge in [-0.15, -0.1) is 0 Å². The average Bonchev–Trinajstić information content (AvgIpc) is 3.06. The van der Waals surface area contributed by atoms with Crippen LogP contribution in [0.1, 0.15) is 45.1 Å². The Labute approximate surface area is 175 Å². The van der Waals surface area contributed by atoms with Gasteiger partial charge in [-0.3, -0.25) is 4.90 Å². The van der Waals surface area contributed by atoms with E-state index in [1.807, 2.05) is 6.20 Å². The molecule has 29 heavy (non-hydrogen) atoms. The second-order valence-electron chi connectivity index (χ2n) is 8.00. The minimum absolute atomic E-state index is 0.457. The number of morpholine rings is 1. The molecule has 0 saturated carbocycles. The van der Waals surface area contributed by atoms with Crippen molar-refractivity contribution in [2.45, 2.75) is 52.1 Å². The van der Waals surface area contributed by atoms with Gasteiger partial charge in [-0.2, -0.15) is 0 Å². The number of hydrogen-bond acceptors (Lipinski definition) is 5. The van der Waals surface area contributed by atoms with Crippen molar-refractivity contribution in [3.8, 4) is 0 Å². The van der Waals surface area contributed by atoms with Gasteiger partial charge < -0.3 is 20.3 Å². The molecule has 3 heterocycles. The van der Waals surface area contributed by atoms with Crippen molar-refractivity contribution < 1.29 is 4.74 Å². The third-order valence-corrected chi connectivity index (χ3v) is 5.74. The van der Waals surface area contributed by atoms with Gasteiger partial charge in [0.15, 0.2) is 5.96 Å². The molecule has 0 amide bonds. The third kappa shape index (κ3) is 7.16. The average molecular weight is 403 g/mol. The summed E-state index contributed by atoms with van der Waals surface area (Å²) in [5.74, 6) is 1.97. The largest absolute Gasteiger partial charge is 0.379 e. The number of ether oxygens (including phenoxy) is 1. The highest BCUT2D eigenvalue weighted by atomic mass is 16.5. The fraction of sp³-hybridized carbons (Fsp3) is 0.727. The zero-order chi connectivity index (χ0) is 20.3. The molecule has 2 aliphatic rings. The van der Waals surface area contributed by atoms with Crippen molar-refractivity contribution in [1.29, 1.82) is 0 Å². The number of pyridine rings is 1. The van der Waals surface area contributed by atoms with E-state index < -0.39 is 0 Å². The summed E-state index contributed by atoms with van der Waals surface area (Å²) in [6, 6.07) is 4.73. The number of aromatic nitrogens is 1. The zero-order valence-corrected chi connectivity index (χ0v) is 18.2. The Balaban J connectivity index is 1.55. The highest BCUT2D eigenvalue weighted by Gasteiger charge is 2.17. The van der Waals surface area contributed by atoms with Crippen molar-refractivity contribution in [3.63, 3.8) is 0 Å². The molecule has 1 aromatic heterocycles. The summed E-state index contributed by atoms with van der Waals surface area (Å²) in [5.41, 5.74) is 1.21. The summed E-state index contributed by atoms with van der Waals surface area (Å²) in [6.45, 7) is 12.7. The van der Waals surface area contributed by atoms with E-state index in [2.05, 4.69) is 51.4 Å². The molecule has 162 valence electrons. The molecular weight excluding hydrogens is 364 g/mol. The summed E-state index contributed by atoms with van der Waals surface area (Å²) in [4.78, 5) is 14.3. The van der Waals surface area contributed by atoms with Gasteiger partial charge in [0.05, 0.1) is 19.8 Å². The molecule has 0 bridgehead atoms. The summed E-state index contributed by atoms with van der Waals surface area (Å²) in [7, 11) is 0. The van der Waals surface area contributed by atoms with Crippen LogP contribution in [0, 0.1) is 0 Å². The molecular formula is C22H38N6O. The Morgan fingerprint density at radius 1 is 1.14 bits per heavy atom. The van der Waals surface area contributed by atoms with Crippen LogP contribution in [-0.2, 0) is 11.3 Å². The maximum absolute atomic E-state index is 5.46. The first-order valence-electron chi connectivity index (χ1n) is 11.3. The van der Waals surface area contributed by atoms with Gasteiger partial charge in [0.1, 0.15) is 5.82 Å². The molecule has 1 unspecified atom stereocenters. The Morgan fingerprint density at radius 2 is 1.90 bits per heavy atom. The number of aliphatic imine (C=N–C) groups is 1. The van der Waals surface area contributed by atoms with Crippen LogP contribution in [0.2, 0.25) is 0 Å². The van der Waals surface area contributed by atoms with Gasteiger partial charge in [-0.25, -0.2) is 9.98 Å². The van der Waals surface area contributed by atoms with Crippen molar-refractivity contribution in [1.82, 2.24) is 20.5 Å². The second kappa shape index (κ2) is 12.0. The van der Waals surface area contributed by atoms with E-state index in [-0.39, 0.29) is 0 Å². The molecule has 3 rings (SSSR count). The molecule has 0 spiro atoms. The van der Waals surface area contributed by atoms with Crippen LogP contribution in [-0.4, -0.2) is 74.4 Å². The number of rotatable bonds is 7. The first kappa shape index (κ1) is 21.8. The van der Waals surface area contributed by atoms with Crippen molar-refractivity contribution >= 4 is 11.8 Å². The topological polar surface area (TPSA) is 65.0 Å². The summed E-state index contributed by atoms with van der Waals surface area (Å²) in [6.07, 6.45) is 7.12. The quantitative estimate of drug-likeness (QED) is 0.539. The first-order valence-corrected chi connectivity index (χ1v) is 11.3. The lowest BCUT2D eigenvalue weighted by Gasteiger charge is -2.32. The smallest absolute Gasteiger partial charge is 0.191 e. The number of nitrogens with one attached hydrogen (secondary N) is 2. The molecule has 2 saturated heterocycles. The van der Waals surface area contributed by atoms with Gasteiger partial charge in [-0.1, -0.05) is 12.8 Å². The van der Waals surface area contributed by atoms with Crippen LogP contribution >= 0.6 is 0 Å². The van der Waals surface area contributed by atoms with Crippen LogP contribution in [0.25, 0.3) is 0 Å². The van der Waals surface area contributed by atoms with Crippen molar-refractivity contribution in [2.24, 2.45) is 4.99 Å². The van der Waals surface area contributed by atoms with Crippen molar-refractivity contribution in [3.05, 3.63) is 23.9 Å². The molecule has 0 radical (unpaired) electrons. The predicted octanol–water partition coefficient (Wildman–Crippen LogP) is 2.24. The Morgan fingerprint density at radius 3 is 2.62 bits per heavy atom. The van der Waals surface area contributed by atoms with Crippen LogP contribution < -0.4 is 15.5 Å². The van der Waals surface area contributed by atoms with E-state index in [1.165, 1.54) is 31.2 Å². The normalized spacial score (nSPS) is 20.2. The van der Waals surface area contributed by atoms with E-state index in [4.69, 9.17) is 9.73 Å². The van der Waals surface area contributed by atoms with E-state index >= 15 is 0 Å². The van der Waals surface area contributed by atoms with Gasteiger partial charge in [0, 0.05) is 51.5 Å². The monoisotopic (exact) mass is 402 g/mol. The Kier molecular flexibility index (Phi) is 9.02. The van der Waals surface area contributed by atoms with E-state index in [0.717, 1.165) is 64.3 Å². The molecule has 1 atom stereocenters. The minimum atomic E-state index is 0.457. The van der Waals surface area contributed by atoms with Crippen LogP contribution in [0.5, 0.6) is 0 Å². The second-order valence-corrected chi connectivity index (χ2v) is 8.00. The summed E-state index contributed by atoms with van der Waals surface area (Å²) < 4.78 is 5.46. The fourth-order valence-corrected chi connectivity index (χ4v) is 3.94. The van der Waals surface area contributed by atoms with E-state index in [0.29, 0.717) is 12.6 Å². The van der Waals surface area contributed by atoms with Gasteiger partial charge in [-0.05, 0) is 44.4 Å². The summed E-state index contributed by atoms with van der Waals surface area (Å²) in [5, 5.41) is 6.87. The number of hydrogen-bond donors (Lipinski definition) is 2. The van der Waals surface area contributed by atoms with Gasteiger partial charge in [0.25, 0.3) is 0 Å². The molecule has 2 fully saturated rings. The molecule has 0 aliphatic carbocycles. The first-order chi connectivity index (χ1) is 14.3. The maximum atomic E-state index is 5.46. The molecule has 2 N–H and O–H groups in total. The van der Waals surface area contributed by atoms with Gasteiger partial charge in [0.2, 0.25) is 0 Å². The highest BCUT2D eigenvalue weighted by molar-refractivity contribution is 5.79. The lowest BCUT2D eigenvalue weighted by Crippen LogP contribution is -2.49. The fourth-order valence-electron chi connectivity index (χ4n) is 3.94. The molecule has 0 aromatic carbocycles. The van der Waals surface area contributed by atoms with E-state index in [1.54, 1.807) is 0 Å². The number of guanidine groups is 1. The lowest BCUT2D eigenvalue weighted by molar-refractivity contribution is 0.0211. The minimum Gasteiger partial charge on any atom is -0.379 e. The SMILES string of the molecule is CCNC(=NCc1ccnc(N2CCCCCC2)c1)NCC(C)N1CCOCC1. The predicted molar refractivity (Wildman–Crippen MR) is 120 cm³/mol. The summed E-state index contributed by atoms with van der Waals surface area (Å²) >= 11 is 0. The Hall–Kier alpha value is -1.86. The van der Waals surface area contributed by atoms with Crippen LogP contribution in [0.3, 0.4) is 0 Å². The van der Waals surface area contributed by atoms with Gasteiger partial charge >= 0.3 is 0 Å². The van der Waals surface area contributed by atoms with Crippen LogP contribution in [0.15, 0.2) is 23.3 Å². The molecule has 7 nitrogen and oxygen atoms in total. The third-order valence-electron chi connectivity index (χ3n) is 5.74. The number of nitrogens with zero attached hydrogens (tertiary/aromatic N) is 4. The standard InChI is InChI=1S/C22H38N6O/c1-3-23-22(25-17-19(2)27-12-14-29-15-13-27)26-18-20-8-9-24-21(16-20)28-10-6-4-5-7-11-28/h8-9,16,19H,3-7,10-15,17-18H2,1-2H3,(H2,23,25,26). The molecule has 7 heteroatoms. The zero-order valence-electron chi connectivity index (χ0n) is 18.2. The highest BCUT2D eigenvalue weighted by Crippen LogP contribution is 2.18. The van der Waals surface area contributed by atoms with E-state index in [9.17, 15) is 0 Å². The maximum Gasteiger partial charge on any atom is 0.191 e. The van der Waals surface area contributed by atoms with Crippen molar-refractivity contribution in [2.75, 3.05) is 57.4 Å².